The number of aromatic nitrogens is 1. The average Bonchev–Trinajstić information content (AvgIpc) is 2.79. The van der Waals surface area contributed by atoms with Gasteiger partial charge in [-0.15, -0.1) is 11.3 Å². The predicted octanol–water partition coefficient (Wildman–Crippen LogP) is 4.06. The first-order valence-corrected chi connectivity index (χ1v) is 7.50. The Morgan fingerprint density at radius 2 is 2.37 bits per heavy atom. The number of hydrogen-bond acceptors (Lipinski definition) is 5. The zero-order valence-corrected chi connectivity index (χ0v) is 13.1. The van der Waals surface area contributed by atoms with E-state index in [2.05, 4.69) is 31.4 Å². The Morgan fingerprint density at radius 1 is 1.53 bits per heavy atom. The lowest BCUT2D eigenvalue weighted by Gasteiger charge is -2.06. The second kappa shape index (κ2) is 6.68. The molecule has 0 saturated heterocycles. The first-order valence-electron chi connectivity index (χ1n) is 5.82. The summed E-state index contributed by atoms with van der Waals surface area (Å²) in [6.45, 7) is 4.54. The van der Waals surface area contributed by atoms with Crippen molar-refractivity contribution in [3.63, 3.8) is 0 Å². The normalized spacial score (nSPS) is 10.9. The zero-order valence-electron chi connectivity index (χ0n) is 10.7. The molecule has 2 rings (SSSR count). The maximum atomic E-state index is 5.55. The number of halogens is 1. The SMILES string of the molecule is CCOc1ccc(Br)cc1C=NNc1nc(C)cs1. The predicted molar refractivity (Wildman–Crippen MR) is 83.4 cm³/mol. The van der Waals surface area contributed by atoms with Gasteiger partial charge in [-0.2, -0.15) is 5.10 Å². The van der Waals surface area contributed by atoms with Crippen LogP contribution in [0.4, 0.5) is 5.13 Å². The third kappa shape index (κ3) is 4.04. The Hall–Kier alpha value is -1.40. The van der Waals surface area contributed by atoms with Crippen molar-refractivity contribution in [2.75, 3.05) is 12.0 Å². The van der Waals surface area contributed by atoms with E-state index in [0.717, 1.165) is 26.6 Å². The van der Waals surface area contributed by atoms with Crippen molar-refractivity contribution in [1.82, 2.24) is 4.98 Å². The van der Waals surface area contributed by atoms with Crippen LogP contribution in [0.25, 0.3) is 0 Å². The topological polar surface area (TPSA) is 46.5 Å². The fourth-order valence-electron chi connectivity index (χ4n) is 1.47. The second-order valence-corrected chi connectivity index (χ2v) is 5.55. The largest absolute Gasteiger partial charge is 0.493 e. The average molecular weight is 340 g/mol. The molecular formula is C13H14BrN3OS. The molecule has 0 unspecified atom stereocenters. The van der Waals surface area contributed by atoms with E-state index in [0.29, 0.717) is 6.61 Å². The molecule has 100 valence electrons. The molecule has 19 heavy (non-hydrogen) atoms. The molecule has 0 aliphatic heterocycles. The van der Waals surface area contributed by atoms with Crippen LogP contribution in [-0.2, 0) is 0 Å². The first-order chi connectivity index (χ1) is 9.19. The minimum atomic E-state index is 0.627. The molecule has 1 aromatic carbocycles. The fraction of sp³-hybridized carbons (Fsp3) is 0.231. The molecular weight excluding hydrogens is 326 g/mol. The fourth-order valence-corrected chi connectivity index (χ4v) is 2.49. The van der Waals surface area contributed by atoms with Crippen LogP contribution in [0.15, 0.2) is 33.2 Å². The number of ether oxygens (including phenoxy) is 1. The van der Waals surface area contributed by atoms with E-state index in [9.17, 15) is 0 Å². The van der Waals surface area contributed by atoms with Crippen molar-refractivity contribution in [3.05, 3.63) is 39.3 Å². The molecule has 0 saturated carbocycles. The molecule has 0 aliphatic rings. The summed E-state index contributed by atoms with van der Waals surface area (Å²) in [5, 5.41) is 6.94. The highest BCUT2D eigenvalue weighted by molar-refractivity contribution is 9.10. The van der Waals surface area contributed by atoms with Gasteiger partial charge in [0.1, 0.15) is 5.75 Å². The summed E-state index contributed by atoms with van der Waals surface area (Å²) in [5.74, 6) is 0.812. The quantitative estimate of drug-likeness (QED) is 0.660. The molecule has 1 aromatic heterocycles. The molecule has 0 amide bonds. The highest BCUT2D eigenvalue weighted by Crippen LogP contribution is 2.22. The maximum absolute atomic E-state index is 5.55. The Labute approximate surface area is 124 Å². The summed E-state index contributed by atoms with van der Waals surface area (Å²) < 4.78 is 6.53. The summed E-state index contributed by atoms with van der Waals surface area (Å²) in [6.07, 6.45) is 1.73. The van der Waals surface area contributed by atoms with Crippen LogP contribution in [0.5, 0.6) is 5.75 Å². The number of aryl methyl sites for hydroxylation is 1. The third-order valence-corrected chi connectivity index (χ3v) is 3.61. The Bertz CT molecular complexity index is 583. The van der Waals surface area contributed by atoms with Crippen molar-refractivity contribution in [3.8, 4) is 5.75 Å². The van der Waals surface area contributed by atoms with Crippen LogP contribution in [0.3, 0.4) is 0 Å². The van der Waals surface area contributed by atoms with Crippen molar-refractivity contribution >= 4 is 38.6 Å². The van der Waals surface area contributed by atoms with Crippen LogP contribution >= 0.6 is 27.3 Å². The molecule has 0 radical (unpaired) electrons. The summed E-state index contributed by atoms with van der Waals surface area (Å²) in [5.41, 5.74) is 4.81. The smallest absolute Gasteiger partial charge is 0.203 e. The molecule has 0 spiro atoms. The molecule has 4 nitrogen and oxygen atoms in total. The number of benzene rings is 1. The molecule has 1 N–H and O–H groups in total. The maximum Gasteiger partial charge on any atom is 0.203 e. The van der Waals surface area contributed by atoms with Gasteiger partial charge in [0.2, 0.25) is 5.13 Å². The van der Waals surface area contributed by atoms with E-state index in [1.165, 1.54) is 11.3 Å². The van der Waals surface area contributed by atoms with Gasteiger partial charge in [0.25, 0.3) is 0 Å². The van der Waals surface area contributed by atoms with Gasteiger partial charge in [-0.25, -0.2) is 4.98 Å². The van der Waals surface area contributed by atoms with E-state index in [1.807, 2.05) is 37.4 Å². The van der Waals surface area contributed by atoms with Gasteiger partial charge in [0.05, 0.1) is 18.5 Å². The van der Waals surface area contributed by atoms with Crippen LogP contribution in [-0.4, -0.2) is 17.8 Å². The van der Waals surface area contributed by atoms with Gasteiger partial charge >= 0.3 is 0 Å². The standard InChI is InChI=1S/C13H14BrN3OS/c1-3-18-12-5-4-11(14)6-10(12)7-15-17-13-16-9(2)8-19-13/h4-8H,3H2,1-2H3,(H,16,17). The number of rotatable bonds is 5. The van der Waals surface area contributed by atoms with Crippen molar-refractivity contribution in [1.29, 1.82) is 0 Å². The van der Waals surface area contributed by atoms with Crippen LogP contribution < -0.4 is 10.2 Å². The van der Waals surface area contributed by atoms with Crippen LogP contribution in [0, 0.1) is 6.92 Å². The van der Waals surface area contributed by atoms with Gasteiger partial charge in [0, 0.05) is 15.4 Å². The zero-order chi connectivity index (χ0) is 13.7. The summed E-state index contributed by atoms with van der Waals surface area (Å²) in [4.78, 5) is 4.27. The van der Waals surface area contributed by atoms with Gasteiger partial charge in [-0.05, 0) is 32.0 Å². The molecule has 1 heterocycles. The lowest BCUT2D eigenvalue weighted by Crippen LogP contribution is -1.97. The monoisotopic (exact) mass is 339 g/mol. The minimum absolute atomic E-state index is 0.627. The molecule has 2 aromatic rings. The van der Waals surface area contributed by atoms with Crippen molar-refractivity contribution < 1.29 is 4.74 Å². The first kappa shape index (κ1) is 14.0. The van der Waals surface area contributed by atoms with Crippen molar-refractivity contribution in [2.24, 2.45) is 5.10 Å². The lowest BCUT2D eigenvalue weighted by atomic mass is 10.2. The third-order valence-electron chi connectivity index (χ3n) is 2.25. The molecule has 0 fully saturated rings. The van der Waals surface area contributed by atoms with Gasteiger partial charge in [-0.3, -0.25) is 5.43 Å². The Balaban J connectivity index is 2.10. The van der Waals surface area contributed by atoms with Crippen LogP contribution in [0.2, 0.25) is 0 Å². The van der Waals surface area contributed by atoms with Crippen LogP contribution in [0.1, 0.15) is 18.2 Å². The lowest BCUT2D eigenvalue weighted by molar-refractivity contribution is 0.339. The van der Waals surface area contributed by atoms with Gasteiger partial charge in [-0.1, -0.05) is 15.9 Å². The molecule has 6 heteroatoms. The molecule has 0 aliphatic carbocycles. The Kier molecular flexibility index (Phi) is 4.93. The highest BCUT2D eigenvalue weighted by Gasteiger charge is 2.02. The number of thiazole rings is 1. The van der Waals surface area contributed by atoms with Crippen molar-refractivity contribution in [2.45, 2.75) is 13.8 Å². The van der Waals surface area contributed by atoms with E-state index < -0.39 is 0 Å². The number of anilines is 1. The van der Waals surface area contributed by atoms with Gasteiger partial charge in [0.15, 0.2) is 0 Å². The summed E-state index contributed by atoms with van der Waals surface area (Å²) >= 11 is 4.97. The molecule has 0 atom stereocenters. The second-order valence-electron chi connectivity index (χ2n) is 3.78. The van der Waals surface area contributed by atoms with E-state index in [1.54, 1.807) is 6.21 Å². The highest BCUT2D eigenvalue weighted by atomic mass is 79.9. The van der Waals surface area contributed by atoms with E-state index in [-0.39, 0.29) is 0 Å². The van der Waals surface area contributed by atoms with E-state index >= 15 is 0 Å². The minimum Gasteiger partial charge on any atom is -0.493 e. The van der Waals surface area contributed by atoms with E-state index in [4.69, 9.17) is 4.74 Å². The number of nitrogens with zero attached hydrogens (tertiary/aromatic N) is 2. The Morgan fingerprint density at radius 3 is 3.05 bits per heavy atom. The number of hydrogen-bond donors (Lipinski definition) is 1. The molecule has 0 bridgehead atoms. The number of nitrogens with one attached hydrogen (secondary N) is 1. The number of hydrazone groups is 1. The summed E-state index contributed by atoms with van der Waals surface area (Å²) in [7, 11) is 0. The van der Waals surface area contributed by atoms with Gasteiger partial charge < -0.3 is 4.74 Å². The summed E-state index contributed by atoms with van der Waals surface area (Å²) in [6, 6.07) is 5.83.